The van der Waals surface area contributed by atoms with Crippen molar-refractivity contribution >= 4 is 51.2 Å². The van der Waals surface area contributed by atoms with Crippen LogP contribution in [0.25, 0.3) is 0 Å². The molecule has 1 aliphatic carbocycles. The van der Waals surface area contributed by atoms with Crippen LogP contribution in [0.5, 0.6) is 11.5 Å². The third-order valence-electron chi connectivity index (χ3n) is 6.12. The summed E-state index contributed by atoms with van der Waals surface area (Å²) in [4.78, 5) is 10.5. The molecule has 0 aliphatic heterocycles. The monoisotopic (exact) mass is 561 g/mol. The Bertz CT molecular complexity index is 1510. The van der Waals surface area contributed by atoms with Gasteiger partial charge in [-0.3, -0.25) is 9.35 Å². The Morgan fingerprint density at radius 2 is 1.49 bits per heavy atom. The number of para-hydroxylation sites is 2. The third-order valence-corrected chi connectivity index (χ3v) is 7.43. The number of nitrogens with zero attached hydrogens (tertiary/aromatic N) is 3. The van der Waals surface area contributed by atoms with E-state index in [0.717, 1.165) is 5.56 Å². The molecule has 11 nitrogen and oxygen atoms in total. The minimum atomic E-state index is -5.20. The number of carbonyl (C=O) groups excluding carboxylic acids is 1. The van der Waals surface area contributed by atoms with Gasteiger partial charge in [0.05, 0.1) is 27.3 Å². The molecule has 2 unspecified atom stereocenters. The molecule has 1 aliphatic rings. The van der Waals surface area contributed by atoms with Crippen molar-refractivity contribution in [1.29, 1.82) is 0 Å². The number of hydrogen-bond acceptors (Lipinski definition) is 10. The number of aliphatic hydroxyl groups is 1. The second-order valence-corrected chi connectivity index (χ2v) is 9.87. The van der Waals surface area contributed by atoms with Crippen LogP contribution < -0.4 is 14.9 Å². The molecule has 0 saturated heterocycles. The summed E-state index contributed by atoms with van der Waals surface area (Å²) in [6.45, 7) is 0.0485. The van der Waals surface area contributed by atoms with E-state index in [9.17, 15) is 22.9 Å². The van der Waals surface area contributed by atoms with Crippen molar-refractivity contribution in [1.82, 2.24) is 5.43 Å². The molecule has 1 radical (unpaired) electrons. The zero-order valence-electron chi connectivity index (χ0n) is 21.6. The van der Waals surface area contributed by atoms with E-state index in [0.29, 0.717) is 17.1 Å². The summed E-state index contributed by atoms with van der Waals surface area (Å²) in [5.74, 6) is 0.0464. The first kappa shape index (κ1) is 30.4. The van der Waals surface area contributed by atoms with Crippen LogP contribution in [0, 0.1) is 0 Å². The van der Waals surface area contributed by atoms with Gasteiger partial charge in [0.15, 0.2) is 6.10 Å². The number of benzene rings is 3. The third kappa shape index (κ3) is 5.91. The van der Waals surface area contributed by atoms with Gasteiger partial charge in [-0.1, -0.05) is 60.7 Å². The number of nitrogens with one attached hydrogen (secondary N) is 1. The van der Waals surface area contributed by atoms with E-state index in [1.165, 1.54) is 32.4 Å². The van der Waals surface area contributed by atoms with Gasteiger partial charge in [0, 0.05) is 51.8 Å². The number of hydrogen-bond donors (Lipinski definition) is 3. The normalized spacial score (nSPS) is 19.8. The fourth-order valence-corrected chi connectivity index (χ4v) is 5.25. The molecule has 0 spiro atoms. The summed E-state index contributed by atoms with van der Waals surface area (Å²) < 4.78 is 46.4. The van der Waals surface area contributed by atoms with Crippen LogP contribution in [0.2, 0.25) is 0 Å². The van der Waals surface area contributed by atoms with Crippen LogP contribution in [0.1, 0.15) is 22.3 Å². The van der Waals surface area contributed by atoms with E-state index in [1.807, 2.05) is 18.2 Å². The molecule has 3 aromatic rings. The van der Waals surface area contributed by atoms with Crippen molar-refractivity contribution in [2.24, 2.45) is 15.3 Å². The maximum absolute atomic E-state index is 13.3. The Kier molecular flexibility index (Phi) is 9.99. The summed E-state index contributed by atoms with van der Waals surface area (Å²) in [6.07, 6.45) is -2.32. The molecule has 0 amide bonds. The molecular weight excluding hydrogens is 535 g/mol. The second kappa shape index (κ2) is 12.8. The smallest absolute Gasteiger partial charge is 0.300 e. The van der Waals surface area contributed by atoms with Gasteiger partial charge >= 0.3 is 10.1 Å². The van der Waals surface area contributed by atoms with E-state index in [1.54, 1.807) is 36.4 Å². The molecule has 0 heterocycles. The van der Waals surface area contributed by atoms with Gasteiger partial charge in [-0.15, -0.1) is 0 Å². The Morgan fingerprint density at radius 3 is 2.13 bits per heavy atom. The zero-order chi connectivity index (χ0) is 27.3. The number of hydrazone groups is 1. The van der Waals surface area contributed by atoms with Gasteiger partial charge < -0.3 is 20.0 Å². The van der Waals surface area contributed by atoms with Gasteiger partial charge in [0.25, 0.3) is 4.87 Å². The maximum atomic E-state index is 13.3. The SMILES string of the molecule is COc1ccccc1CN=NC1(S(=O)(=O)O)c2ccccc2C(=NNCc2ccccc2OC)C(=O)C1O.[Na]. The summed E-state index contributed by atoms with van der Waals surface area (Å²) in [5, 5.41) is 23.1. The van der Waals surface area contributed by atoms with Gasteiger partial charge in [-0.05, 0) is 12.1 Å². The number of ether oxygens (including phenoxy) is 2. The first-order valence-corrected chi connectivity index (χ1v) is 12.9. The molecule has 39 heavy (non-hydrogen) atoms. The number of ketones is 1. The zero-order valence-corrected chi connectivity index (χ0v) is 24.4. The number of fused-ring (bicyclic) bond motifs is 1. The minimum absolute atomic E-state index is 0. The van der Waals surface area contributed by atoms with Crippen LogP contribution in [0.4, 0.5) is 0 Å². The van der Waals surface area contributed by atoms with E-state index in [2.05, 4.69) is 20.8 Å². The molecule has 0 fully saturated rings. The Labute approximate surface area is 248 Å². The number of azo groups is 1. The Balaban J connectivity index is 0.00000420. The van der Waals surface area contributed by atoms with E-state index in [-0.39, 0.29) is 59.5 Å². The van der Waals surface area contributed by atoms with Crippen LogP contribution in [0.3, 0.4) is 0 Å². The first-order valence-electron chi connectivity index (χ1n) is 11.5. The van der Waals surface area contributed by atoms with E-state index in [4.69, 9.17) is 9.47 Å². The average Bonchev–Trinajstić information content (AvgIpc) is 2.92. The molecule has 199 valence electrons. The summed E-state index contributed by atoms with van der Waals surface area (Å²) >= 11 is 0. The van der Waals surface area contributed by atoms with Crippen molar-refractivity contribution in [3.05, 3.63) is 95.1 Å². The van der Waals surface area contributed by atoms with Crippen molar-refractivity contribution in [2.45, 2.75) is 24.1 Å². The van der Waals surface area contributed by atoms with Crippen molar-refractivity contribution in [3.8, 4) is 11.5 Å². The number of aliphatic hydroxyl groups excluding tert-OH is 1. The molecule has 13 heteroatoms. The van der Waals surface area contributed by atoms with Crippen molar-refractivity contribution < 1.29 is 32.3 Å². The van der Waals surface area contributed by atoms with Crippen LogP contribution in [0.15, 0.2) is 88.1 Å². The predicted octanol–water partition coefficient (Wildman–Crippen LogP) is 2.45. The number of Topliss-reactive ketones (excluding diaryl/α,β-unsaturated/α-hetero) is 1. The first-order chi connectivity index (χ1) is 18.2. The fourth-order valence-electron chi connectivity index (χ4n) is 4.25. The number of carbonyl (C=O) groups is 1. The predicted molar refractivity (Wildman–Crippen MR) is 144 cm³/mol. The molecule has 3 aromatic carbocycles. The largest absolute Gasteiger partial charge is 0.496 e. The molecule has 4 rings (SSSR count). The van der Waals surface area contributed by atoms with Gasteiger partial charge in [-0.2, -0.15) is 23.7 Å². The topological polar surface area (TPSA) is 159 Å². The molecule has 0 saturated carbocycles. The molecule has 3 N–H and O–H groups in total. The second-order valence-electron chi connectivity index (χ2n) is 8.30. The standard InChI is InChI=1S/C26H26N4O7S.Na/c1-36-21-13-7-3-9-17(21)15-27-29-23-19-11-5-6-12-20(19)26(38(33,34)35,25(32)24(23)31)30-28-16-18-10-4-8-14-22(18)37-2;/h3-14,25,27,32H,15-16H2,1-2H3,(H,33,34,35);. The maximum Gasteiger partial charge on any atom is 0.300 e. The van der Waals surface area contributed by atoms with Gasteiger partial charge in [0.1, 0.15) is 17.2 Å². The Hall–Kier alpha value is -3.13. The number of methoxy groups -OCH3 is 2. The van der Waals surface area contributed by atoms with Crippen LogP contribution >= 0.6 is 0 Å². The minimum Gasteiger partial charge on any atom is -0.496 e. The van der Waals surface area contributed by atoms with Crippen LogP contribution in [-0.2, 0) is 32.9 Å². The van der Waals surface area contributed by atoms with E-state index < -0.39 is 26.9 Å². The van der Waals surface area contributed by atoms with Crippen molar-refractivity contribution in [2.75, 3.05) is 14.2 Å². The Morgan fingerprint density at radius 1 is 0.923 bits per heavy atom. The quantitative estimate of drug-likeness (QED) is 0.156. The molecular formula is C26H26N4NaO7S. The average molecular weight is 562 g/mol. The van der Waals surface area contributed by atoms with Gasteiger partial charge in [-0.25, -0.2) is 0 Å². The van der Waals surface area contributed by atoms with Gasteiger partial charge in [0.2, 0.25) is 5.78 Å². The number of rotatable bonds is 9. The fraction of sp³-hybridized carbons (Fsp3) is 0.231. The molecule has 2 atom stereocenters. The summed E-state index contributed by atoms with van der Waals surface area (Å²) in [5.41, 5.74) is 3.83. The van der Waals surface area contributed by atoms with Crippen molar-refractivity contribution in [3.63, 3.8) is 0 Å². The molecule has 0 aromatic heterocycles. The summed E-state index contributed by atoms with van der Waals surface area (Å²) in [7, 11) is -2.21. The van der Waals surface area contributed by atoms with E-state index >= 15 is 0 Å². The summed E-state index contributed by atoms with van der Waals surface area (Å²) in [6, 6.07) is 19.9. The van der Waals surface area contributed by atoms with Crippen LogP contribution in [-0.4, -0.2) is 79.5 Å². The molecule has 0 bridgehead atoms.